The highest BCUT2D eigenvalue weighted by Crippen LogP contribution is 2.33. The summed E-state index contributed by atoms with van der Waals surface area (Å²) in [7, 11) is 0. The summed E-state index contributed by atoms with van der Waals surface area (Å²) in [5, 5.41) is 12.5. The van der Waals surface area contributed by atoms with Gasteiger partial charge < -0.3 is 24.8 Å². The van der Waals surface area contributed by atoms with Crippen molar-refractivity contribution in [3.05, 3.63) is 47.0 Å². The lowest BCUT2D eigenvalue weighted by molar-refractivity contribution is -0.137. The first-order chi connectivity index (χ1) is 17.7. The van der Waals surface area contributed by atoms with Crippen molar-refractivity contribution in [1.29, 1.82) is 0 Å². The van der Waals surface area contributed by atoms with Crippen molar-refractivity contribution in [2.24, 2.45) is 5.92 Å². The number of amides is 1. The second kappa shape index (κ2) is 14.3. The van der Waals surface area contributed by atoms with Gasteiger partial charge in [0.05, 0.1) is 11.5 Å². The molecule has 1 amide bonds. The summed E-state index contributed by atoms with van der Waals surface area (Å²) in [5.41, 5.74) is 0.855. The van der Waals surface area contributed by atoms with Crippen LogP contribution in [0.4, 0.5) is 13.2 Å². The molecule has 0 bridgehead atoms. The second-order valence-corrected chi connectivity index (χ2v) is 9.99. The number of ether oxygens (including phenoxy) is 2. The molecular formula is C28H41F3N2O4. The molecule has 2 N–H and O–H groups in total. The number of fused-ring (bicyclic) bond motifs is 1. The predicted octanol–water partition coefficient (Wildman–Crippen LogP) is 4.83. The van der Waals surface area contributed by atoms with Gasteiger partial charge >= 0.3 is 6.18 Å². The zero-order valence-electron chi connectivity index (χ0n) is 21.9. The molecule has 0 saturated carbocycles. The molecule has 1 aromatic rings. The number of hydrogen-bond donors (Lipinski definition) is 2. The fraction of sp³-hybridized carbons (Fsp3) is 0.679. The minimum Gasteiger partial charge on any atom is -0.381 e. The van der Waals surface area contributed by atoms with Crippen molar-refractivity contribution < 1.29 is 32.5 Å². The first-order valence-electron chi connectivity index (χ1n) is 13.5. The van der Waals surface area contributed by atoms with E-state index >= 15 is 0 Å². The van der Waals surface area contributed by atoms with Crippen molar-refractivity contribution in [1.82, 2.24) is 10.2 Å². The summed E-state index contributed by atoms with van der Waals surface area (Å²) in [6, 6.07) is 4.45. The maximum absolute atomic E-state index is 13.0. The molecule has 9 heteroatoms. The number of halogens is 3. The molecule has 37 heavy (non-hydrogen) atoms. The smallest absolute Gasteiger partial charge is 0.381 e. The van der Waals surface area contributed by atoms with E-state index in [2.05, 4.69) is 11.4 Å². The normalized spacial score (nSPS) is 22.8. The molecule has 4 rings (SSSR count). The van der Waals surface area contributed by atoms with E-state index in [1.165, 1.54) is 6.07 Å². The van der Waals surface area contributed by atoms with Crippen LogP contribution in [0, 0.1) is 5.92 Å². The monoisotopic (exact) mass is 526 g/mol. The Bertz CT molecular complexity index is 887. The molecule has 3 unspecified atom stereocenters. The highest BCUT2D eigenvalue weighted by Gasteiger charge is 2.34. The Morgan fingerprint density at radius 3 is 2.62 bits per heavy atom. The van der Waals surface area contributed by atoms with Gasteiger partial charge in [0.1, 0.15) is 0 Å². The van der Waals surface area contributed by atoms with Gasteiger partial charge in [0.2, 0.25) is 5.91 Å². The van der Waals surface area contributed by atoms with Crippen LogP contribution in [0.15, 0.2) is 30.4 Å². The number of nitrogens with zero attached hydrogens (tertiary/aromatic N) is 1. The summed E-state index contributed by atoms with van der Waals surface area (Å²) >= 11 is 0. The van der Waals surface area contributed by atoms with Crippen molar-refractivity contribution in [3.8, 4) is 0 Å². The van der Waals surface area contributed by atoms with Gasteiger partial charge in [-0.2, -0.15) is 13.2 Å². The molecule has 0 aromatic heterocycles. The molecule has 2 heterocycles. The third-order valence-corrected chi connectivity index (χ3v) is 6.98. The van der Waals surface area contributed by atoms with Gasteiger partial charge in [-0.3, -0.25) is 4.79 Å². The first kappa shape index (κ1) is 29.6. The quantitative estimate of drug-likeness (QED) is 0.375. The molecule has 3 atom stereocenters. The summed E-state index contributed by atoms with van der Waals surface area (Å²) < 4.78 is 49.3. The number of carbonyl (C=O) groups is 1. The highest BCUT2D eigenvalue weighted by molar-refractivity contribution is 5.81. The average Bonchev–Trinajstić information content (AvgIpc) is 3.35. The number of aliphatic hydroxyl groups excluding tert-OH is 1. The number of rotatable bonds is 8. The van der Waals surface area contributed by atoms with Crippen LogP contribution >= 0.6 is 0 Å². The number of benzene rings is 1. The molecule has 1 aromatic carbocycles. The zero-order chi connectivity index (χ0) is 26.8. The third-order valence-electron chi connectivity index (χ3n) is 6.98. The van der Waals surface area contributed by atoms with Crippen LogP contribution in [0.2, 0.25) is 0 Å². The van der Waals surface area contributed by atoms with Gasteiger partial charge in [-0.15, -0.1) is 0 Å². The van der Waals surface area contributed by atoms with Crippen molar-refractivity contribution in [2.45, 2.75) is 89.9 Å². The summed E-state index contributed by atoms with van der Waals surface area (Å²) in [5.74, 6) is -0.194. The third kappa shape index (κ3) is 9.09. The van der Waals surface area contributed by atoms with Crippen LogP contribution < -0.4 is 5.32 Å². The number of alkyl halides is 3. The Labute approximate surface area is 218 Å². The van der Waals surface area contributed by atoms with Gasteiger partial charge in [-0.05, 0) is 61.8 Å². The minimum absolute atomic E-state index is 0.00980. The van der Waals surface area contributed by atoms with Crippen molar-refractivity contribution in [2.75, 3.05) is 26.4 Å². The van der Waals surface area contributed by atoms with Crippen LogP contribution in [0.25, 0.3) is 0 Å². The number of aliphatic hydroxyl groups is 1. The molecular weight excluding hydrogens is 485 g/mol. The van der Waals surface area contributed by atoms with E-state index in [0.29, 0.717) is 37.6 Å². The number of hydrogen-bond acceptors (Lipinski definition) is 5. The fourth-order valence-electron chi connectivity index (χ4n) is 4.91. The van der Waals surface area contributed by atoms with Gasteiger partial charge in [0, 0.05) is 45.0 Å². The van der Waals surface area contributed by atoms with Crippen molar-refractivity contribution >= 4 is 5.91 Å². The van der Waals surface area contributed by atoms with Crippen LogP contribution in [-0.4, -0.2) is 60.7 Å². The van der Waals surface area contributed by atoms with Crippen LogP contribution in [0.3, 0.4) is 0 Å². The van der Waals surface area contributed by atoms with E-state index in [1.54, 1.807) is 11.0 Å². The zero-order valence-corrected chi connectivity index (χ0v) is 21.9. The van der Waals surface area contributed by atoms with E-state index in [9.17, 15) is 18.0 Å². The summed E-state index contributed by atoms with van der Waals surface area (Å²) in [4.78, 5) is 14.6. The molecule has 1 saturated heterocycles. The molecule has 3 aliphatic rings. The first-order valence-corrected chi connectivity index (χ1v) is 13.5. The lowest BCUT2D eigenvalue weighted by Gasteiger charge is -2.31. The van der Waals surface area contributed by atoms with E-state index in [1.807, 2.05) is 19.9 Å². The molecule has 6 nitrogen and oxygen atoms in total. The Balaban J connectivity index is 0.000000364. The van der Waals surface area contributed by atoms with Crippen LogP contribution in [0.5, 0.6) is 0 Å². The fourth-order valence-corrected chi connectivity index (χ4v) is 4.91. The van der Waals surface area contributed by atoms with E-state index in [0.717, 1.165) is 56.9 Å². The second-order valence-electron chi connectivity index (χ2n) is 9.99. The predicted molar refractivity (Wildman–Crippen MR) is 136 cm³/mol. The Morgan fingerprint density at radius 2 is 1.95 bits per heavy atom. The summed E-state index contributed by atoms with van der Waals surface area (Å²) in [6.45, 7) is 7.06. The lowest BCUT2D eigenvalue weighted by atomic mass is 9.95. The van der Waals surface area contributed by atoms with E-state index in [-0.39, 0.29) is 24.4 Å². The van der Waals surface area contributed by atoms with E-state index in [4.69, 9.17) is 14.6 Å². The van der Waals surface area contributed by atoms with Crippen molar-refractivity contribution in [3.63, 3.8) is 0 Å². The molecule has 208 valence electrons. The Hall–Kier alpha value is -1.94. The lowest BCUT2D eigenvalue weighted by Crippen LogP contribution is -2.42. The Morgan fingerprint density at radius 1 is 1.19 bits per heavy atom. The topological polar surface area (TPSA) is 71.0 Å². The van der Waals surface area contributed by atoms with Crippen LogP contribution in [0.1, 0.15) is 69.1 Å². The van der Waals surface area contributed by atoms with E-state index < -0.39 is 18.0 Å². The molecule has 0 spiro atoms. The number of carbonyl (C=O) groups excluding carboxylic acids is 1. The SMILES string of the molecule is CCCOC(O)CCC.O=C(C1C=CC(NC2CCOCC2)C1)N1CCc2ccc(C(F)(F)F)cc2C1. The summed E-state index contributed by atoms with van der Waals surface area (Å²) in [6.07, 6.45) is 5.07. The minimum atomic E-state index is -4.36. The van der Waals surface area contributed by atoms with Gasteiger partial charge in [-0.25, -0.2) is 0 Å². The molecule has 2 aliphatic heterocycles. The standard InChI is InChI=1S/C21H25F3N2O2.C7H16O2/c22-21(23,24)17-3-1-14-5-8-26(13-16(14)11-17)20(27)15-2-4-19(12-15)25-18-6-9-28-10-7-18;1-3-5-7(8)9-6-4-2/h1-4,11,15,18-19,25H,5-10,12-13H2;7-8H,3-6H2,1-2H3. The maximum Gasteiger partial charge on any atom is 0.416 e. The van der Waals surface area contributed by atoms with Gasteiger partial charge in [0.15, 0.2) is 6.29 Å². The van der Waals surface area contributed by atoms with Gasteiger partial charge in [0.25, 0.3) is 0 Å². The molecule has 1 fully saturated rings. The van der Waals surface area contributed by atoms with Crippen LogP contribution in [-0.2, 0) is 33.4 Å². The number of nitrogens with one attached hydrogen (secondary N) is 1. The Kier molecular flexibility index (Phi) is 11.4. The molecule has 0 radical (unpaired) electrons. The highest BCUT2D eigenvalue weighted by atomic mass is 19.4. The largest absolute Gasteiger partial charge is 0.416 e. The average molecular weight is 527 g/mol. The molecule has 1 aliphatic carbocycles. The van der Waals surface area contributed by atoms with Gasteiger partial charge in [-0.1, -0.05) is 38.5 Å². The maximum atomic E-state index is 13.0.